The van der Waals surface area contributed by atoms with Gasteiger partial charge in [0.15, 0.2) is 0 Å². The van der Waals surface area contributed by atoms with E-state index in [0.717, 1.165) is 35.0 Å². The Balaban J connectivity index is 2.37. The van der Waals surface area contributed by atoms with Crippen LogP contribution in [0, 0.1) is 12.8 Å². The molecule has 0 aliphatic rings. The van der Waals surface area contributed by atoms with E-state index in [1.807, 2.05) is 25.1 Å². The Bertz CT molecular complexity index is 532. The number of aliphatic hydroxyl groups is 1. The molecule has 0 saturated carbocycles. The Morgan fingerprint density at radius 2 is 1.83 bits per heavy atom. The molecule has 2 rings (SSSR count). The zero-order valence-corrected chi connectivity index (χ0v) is 11.4. The molecular weight excluding hydrogens is 222 g/mol. The maximum Gasteiger partial charge on any atom is 0.0818 e. The Kier molecular flexibility index (Phi) is 3.97. The molecule has 0 saturated heterocycles. The highest BCUT2D eigenvalue weighted by Crippen LogP contribution is 2.28. The molecule has 0 amide bonds. The second-order valence-electron chi connectivity index (χ2n) is 4.93. The lowest BCUT2D eigenvalue weighted by molar-refractivity contribution is 0.103. The minimum absolute atomic E-state index is 0.334. The van der Waals surface area contributed by atoms with Crippen LogP contribution in [-0.4, -0.2) is 10.1 Å². The Labute approximate surface area is 109 Å². The molecular formula is C16H21NO. The maximum atomic E-state index is 10.4. The summed E-state index contributed by atoms with van der Waals surface area (Å²) in [5.74, 6) is 0.334. The van der Waals surface area contributed by atoms with Crippen LogP contribution in [0.1, 0.15) is 44.1 Å². The number of fused-ring (bicyclic) bond motifs is 1. The van der Waals surface area contributed by atoms with Gasteiger partial charge < -0.3 is 5.11 Å². The lowest BCUT2D eigenvalue weighted by Crippen LogP contribution is -2.10. The molecule has 1 atom stereocenters. The smallest absolute Gasteiger partial charge is 0.0818 e. The van der Waals surface area contributed by atoms with Gasteiger partial charge in [-0.1, -0.05) is 38.8 Å². The molecule has 18 heavy (non-hydrogen) atoms. The zero-order valence-electron chi connectivity index (χ0n) is 11.4. The first kappa shape index (κ1) is 13.0. The van der Waals surface area contributed by atoms with Crippen LogP contribution in [0.3, 0.4) is 0 Å². The second kappa shape index (κ2) is 5.49. The van der Waals surface area contributed by atoms with Crippen molar-refractivity contribution in [3.05, 3.63) is 41.6 Å². The average molecular weight is 243 g/mol. The average Bonchev–Trinajstić information content (AvgIpc) is 2.39. The third kappa shape index (κ3) is 2.54. The van der Waals surface area contributed by atoms with Gasteiger partial charge in [-0.3, -0.25) is 4.98 Å². The van der Waals surface area contributed by atoms with Gasteiger partial charge in [0, 0.05) is 11.1 Å². The molecule has 0 aliphatic heterocycles. The molecule has 1 aromatic carbocycles. The molecule has 96 valence electrons. The first-order chi connectivity index (χ1) is 8.65. The minimum Gasteiger partial charge on any atom is -0.388 e. The number of hydrogen-bond donors (Lipinski definition) is 1. The van der Waals surface area contributed by atoms with Gasteiger partial charge >= 0.3 is 0 Å². The van der Waals surface area contributed by atoms with E-state index in [-0.39, 0.29) is 6.10 Å². The monoisotopic (exact) mass is 243 g/mol. The highest BCUT2D eigenvalue weighted by Gasteiger charge is 2.17. The topological polar surface area (TPSA) is 33.1 Å². The summed E-state index contributed by atoms with van der Waals surface area (Å²) in [6, 6.07) is 10.1. The Morgan fingerprint density at radius 3 is 2.50 bits per heavy atom. The SMILES string of the molecule is CCC(CC)C(O)c1ccc2nc(C)ccc2c1. The summed E-state index contributed by atoms with van der Waals surface area (Å²) in [7, 11) is 0. The molecule has 1 unspecified atom stereocenters. The van der Waals surface area contributed by atoms with Gasteiger partial charge in [0.25, 0.3) is 0 Å². The van der Waals surface area contributed by atoms with Gasteiger partial charge in [-0.05, 0) is 36.6 Å². The number of hydrogen-bond acceptors (Lipinski definition) is 2. The number of nitrogens with zero attached hydrogens (tertiary/aromatic N) is 1. The van der Waals surface area contributed by atoms with E-state index in [2.05, 4.69) is 31.0 Å². The van der Waals surface area contributed by atoms with Crippen LogP contribution in [0.2, 0.25) is 0 Å². The highest BCUT2D eigenvalue weighted by atomic mass is 16.3. The largest absolute Gasteiger partial charge is 0.388 e. The molecule has 2 nitrogen and oxygen atoms in total. The summed E-state index contributed by atoms with van der Waals surface area (Å²) in [5, 5.41) is 11.5. The number of benzene rings is 1. The van der Waals surface area contributed by atoms with E-state index >= 15 is 0 Å². The molecule has 1 heterocycles. The van der Waals surface area contributed by atoms with Crippen LogP contribution in [0.25, 0.3) is 10.9 Å². The van der Waals surface area contributed by atoms with E-state index in [1.54, 1.807) is 0 Å². The summed E-state index contributed by atoms with van der Waals surface area (Å²) in [6.07, 6.45) is 1.63. The molecule has 0 aliphatic carbocycles. The standard InChI is InChI=1S/C16H21NO/c1-4-12(5-2)16(18)14-8-9-15-13(10-14)7-6-11(3)17-15/h6-10,12,16,18H,4-5H2,1-3H3. The molecule has 2 aromatic rings. The van der Waals surface area contributed by atoms with Crippen molar-refractivity contribution in [2.24, 2.45) is 5.92 Å². The van der Waals surface area contributed by atoms with Crippen LogP contribution in [0.4, 0.5) is 0 Å². The number of aromatic nitrogens is 1. The lowest BCUT2D eigenvalue weighted by Gasteiger charge is -2.20. The summed E-state index contributed by atoms with van der Waals surface area (Å²) >= 11 is 0. The summed E-state index contributed by atoms with van der Waals surface area (Å²) in [6.45, 7) is 6.25. The van der Waals surface area contributed by atoms with Gasteiger partial charge in [0.2, 0.25) is 0 Å². The van der Waals surface area contributed by atoms with Crippen molar-refractivity contribution in [3.63, 3.8) is 0 Å². The zero-order chi connectivity index (χ0) is 13.1. The fourth-order valence-electron chi connectivity index (χ4n) is 2.44. The fraction of sp³-hybridized carbons (Fsp3) is 0.438. The van der Waals surface area contributed by atoms with Crippen LogP contribution in [-0.2, 0) is 0 Å². The van der Waals surface area contributed by atoms with E-state index in [1.165, 1.54) is 0 Å². The third-order valence-electron chi connectivity index (χ3n) is 3.69. The van der Waals surface area contributed by atoms with Crippen LogP contribution < -0.4 is 0 Å². The highest BCUT2D eigenvalue weighted by molar-refractivity contribution is 5.79. The van der Waals surface area contributed by atoms with Crippen molar-refractivity contribution in [1.29, 1.82) is 0 Å². The lowest BCUT2D eigenvalue weighted by atomic mass is 9.91. The molecule has 0 spiro atoms. The predicted octanol–water partition coefficient (Wildman–Crippen LogP) is 4.01. The Morgan fingerprint density at radius 1 is 1.11 bits per heavy atom. The number of rotatable bonds is 4. The summed E-state index contributed by atoms with van der Waals surface area (Å²) in [5.41, 5.74) is 3.02. The second-order valence-corrected chi connectivity index (χ2v) is 4.93. The van der Waals surface area contributed by atoms with Crippen molar-refractivity contribution in [2.75, 3.05) is 0 Å². The molecule has 0 fully saturated rings. The molecule has 0 radical (unpaired) electrons. The van der Waals surface area contributed by atoms with Gasteiger partial charge in [-0.15, -0.1) is 0 Å². The maximum absolute atomic E-state index is 10.4. The quantitative estimate of drug-likeness (QED) is 0.880. The van der Waals surface area contributed by atoms with Crippen molar-refractivity contribution in [1.82, 2.24) is 4.98 Å². The van der Waals surface area contributed by atoms with Crippen LogP contribution in [0.15, 0.2) is 30.3 Å². The first-order valence-electron chi connectivity index (χ1n) is 6.71. The van der Waals surface area contributed by atoms with Crippen molar-refractivity contribution in [3.8, 4) is 0 Å². The van der Waals surface area contributed by atoms with Crippen molar-refractivity contribution < 1.29 is 5.11 Å². The number of aliphatic hydroxyl groups excluding tert-OH is 1. The first-order valence-corrected chi connectivity index (χ1v) is 6.71. The van der Waals surface area contributed by atoms with E-state index in [9.17, 15) is 5.11 Å². The van der Waals surface area contributed by atoms with Gasteiger partial charge in [-0.25, -0.2) is 0 Å². The van der Waals surface area contributed by atoms with Gasteiger partial charge in [-0.2, -0.15) is 0 Å². The molecule has 1 aromatic heterocycles. The normalized spacial score (nSPS) is 13.2. The molecule has 1 N–H and O–H groups in total. The summed E-state index contributed by atoms with van der Waals surface area (Å²) < 4.78 is 0. The molecule has 2 heteroatoms. The van der Waals surface area contributed by atoms with Crippen molar-refractivity contribution >= 4 is 10.9 Å². The van der Waals surface area contributed by atoms with E-state index in [0.29, 0.717) is 5.92 Å². The minimum atomic E-state index is -0.370. The van der Waals surface area contributed by atoms with Gasteiger partial charge in [0.1, 0.15) is 0 Å². The number of pyridine rings is 1. The van der Waals surface area contributed by atoms with E-state index in [4.69, 9.17) is 0 Å². The van der Waals surface area contributed by atoms with Gasteiger partial charge in [0.05, 0.1) is 11.6 Å². The fourth-order valence-corrected chi connectivity index (χ4v) is 2.44. The van der Waals surface area contributed by atoms with Crippen molar-refractivity contribution in [2.45, 2.75) is 39.7 Å². The summed E-state index contributed by atoms with van der Waals surface area (Å²) in [4.78, 5) is 4.48. The Hall–Kier alpha value is -1.41. The number of aryl methyl sites for hydroxylation is 1. The van der Waals surface area contributed by atoms with E-state index < -0.39 is 0 Å². The predicted molar refractivity (Wildman–Crippen MR) is 75.5 cm³/mol. The molecule has 0 bridgehead atoms. The van der Waals surface area contributed by atoms with Crippen LogP contribution in [0.5, 0.6) is 0 Å². The van der Waals surface area contributed by atoms with Crippen LogP contribution >= 0.6 is 0 Å². The third-order valence-corrected chi connectivity index (χ3v) is 3.69.